The number of carbonyl (C=O) groups is 4. The number of rotatable bonds is 14. The fourth-order valence-corrected chi connectivity index (χ4v) is 7.07. The molecular weight excluding hydrogens is 600 g/mol. The highest BCUT2D eigenvalue weighted by molar-refractivity contribution is 6.10. The standard InChI is InChI=1S/C37H46N2O8/c1-22-14-16-24(3)30-28(22)36(44,20-26(5)32(40)46-7)34(42)38(30)18-12-10-9-11-13-19-39-31-25(4)17-15-23(2)29(31)37(45,35(39)43)21-27(6)33(41)47-8/h14-17,44-45H,5-6,9-13,18-21H2,1-4,7-8H3. The van der Waals surface area contributed by atoms with E-state index in [1.54, 1.807) is 9.80 Å². The van der Waals surface area contributed by atoms with E-state index in [0.717, 1.165) is 41.5 Å². The van der Waals surface area contributed by atoms with E-state index in [9.17, 15) is 29.4 Å². The third kappa shape index (κ3) is 6.36. The van der Waals surface area contributed by atoms with Gasteiger partial charge in [-0.2, -0.15) is 0 Å². The van der Waals surface area contributed by atoms with Crippen LogP contribution in [0.3, 0.4) is 0 Å². The number of methoxy groups -OCH3 is 2. The van der Waals surface area contributed by atoms with Crippen molar-refractivity contribution < 1.29 is 38.9 Å². The summed E-state index contributed by atoms with van der Waals surface area (Å²) in [5.41, 5.74) is 1.81. The van der Waals surface area contributed by atoms with Crippen LogP contribution in [0.2, 0.25) is 0 Å². The first kappa shape index (κ1) is 35.6. The number of carbonyl (C=O) groups excluding carboxylic acids is 4. The van der Waals surface area contributed by atoms with Crippen molar-refractivity contribution in [2.75, 3.05) is 37.1 Å². The lowest BCUT2D eigenvalue weighted by molar-refractivity contribution is -0.141. The van der Waals surface area contributed by atoms with E-state index in [1.165, 1.54) is 14.2 Å². The Labute approximate surface area is 276 Å². The van der Waals surface area contributed by atoms with Gasteiger partial charge in [0.2, 0.25) is 0 Å². The molecular formula is C37H46N2O8. The molecule has 0 bridgehead atoms. The van der Waals surface area contributed by atoms with Gasteiger partial charge in [0.1, 0.15) is 0 Å². The Bertz CT molecular complexity index is 1530. The molecule has 0 fully saturated rings. The van der Waals surface area contributed by atoms with Crippen LogP contribution >= 0.6 is 0 Å². The summed E-state index contributed by atoms with van der Waals surface area (Å²) in [7, 11) is 2.47. The van der Waals surface area contributed by atoms with Crippen molar-refractivity contribution in [2.24, 2.45) is 0 Å². The average molecular weight is 647 g/mol. The van der Waals surface area contributed by atoms with E-state index < -0.39 is 35.0 Å². The lowest BCUT2D eigenvalue weighted by atomic mass is 9.85. The van der Waals surface area contributed by atoms with Crippen LogP contribution in [-0.4, -0.2) is 61.3 Å². The van der Waals surface area contributed by atoms with Crippen molar-refractivity contribution in [2.45, 2.75) is 83.8 Å². The van der Waals surface area contributed by atoms with E-state index in [4.69, 9.17) is 9.47 Å². The molecule has 0 saturated carbocycles. The Kier molecular flexibility index (Phi) is 10.5. The van der Waals surface area contributed by atoms with E-state index in [2.05, 4.69) is 13.2 Å². The van der Waals surface area contributed by atoms with Crippen LogP contribution < -0.4 is 9.80 Å². The van der Waals surface area contributed by atoms with Crippen LogP contribution in [0.4, 0.5) is 11.4 Å². The molecule has 252 valence electrons. The Balaban J connectivity index is 1.38. The third-order valence-electron chi connectivity index (χ3n) is 9.39. The first-order valence-corrected chi connectivity index (χ1v) is 16.0. The van der Waals surface area contributed by atoms with E-state index in [-0.39, 0.29) is 24.0 Å². The molecule has 2 aromatic rings. The summed E-state index contributed by atoms with van der Waals surface area (Å²) < 4.78 is 9.52. The molecule has 2 unspecified atom stereocenters. The molecule has 0 aliphatic carbocycles. The first-order valence-electron chi connectivity index (χ1n) is 16.0. The number of aryl methyl sites for hydroxylation is 4. The maximum Gasteiger partial charge on any atom is 0.333 e. The Morgan fingerprint density at radius 1 is 0.638 bits per heavy atom. The van der Waals surface area contributed by atoms with Crippen LogP contribution in [0.5, 0.6) is 0 Å². The SMILES string of the molecule is C=C(CC1(O)C(=O)N(CCCCCCCN2C(=O)C(O)(CC(=C)C(=O)OC)c3c(C)ccc(C)c32)c2c(C)ccc(C)c21)C(=O)OC. The lowest BCUT2D eigenvalue weighted by Crippen LogP contribution is -2.42. The smallest absolute Gasteiger partial charge is 0.333 e. The molecule has 47 heavy (non-hydrogen) atoms. The number of hydrogen-bond donors (Lipinski definition) is 2. The van der Waals surface area contributed by atoms with Gasteiger partial charge < -0.3 is 29.5 Å². The number of benzene rings is 2. The largest absolute Gasteiger partial charge is 0.466 e. The molecule has 0 radical (unpaired) electrons. The number of hydrogen-bond acceptors (Lipinski definition) is 8. The maximum absolute atomic E-state index is 13.7. The predicted octanol–water partition coefficient (Wildman–Crippen LogP) is 4.88. The number of fused-ring (bicyclic) bond motifs is 2. The highest BCUT2D eigenvalue weighted by atomic mass is 16.5. The normalized spacial score (nSPS) is 19.9. The van der Waals surface area contributed by atoms with Crippen molar-refractivity contribution >= 4 is 35.1 Å². The summed E-state index contributed by atoms with van der Waals surface area (Å²) in [5, 5.41) is 23.4. The molecule has 2 atom stereocenters. The molecule has 4 rings (SSSR count). The highest BCUT2D eigenvalue weighted by Crippen LogP contribution is 2.48. The van der Waals surface area contributed by atoms with Crippen molar-refractivity contribution in [3.05, 3.63) is 82.0 Å². The Morgan fingerprint density at radius 2 is 0.957 bits per heavy atom. The fraction of sp³-hybridized carbons (Fsp3) is 0.459. The van der Waals surface area contributed by atoms with Gasteiger partial charge in [0.25, 0.3) is 11.8 Å². The first-order chi connectivity index (χ1) is 22.1. The van der Waals surface area contributed by atoms with Gasteiger partial charge in [-0.05, 0) is 62.8 Å². The van der Waals surface area contributed by atoms with Gasteiger partial charge in [-0.3, -0.25) is 9.59 Å². The zero-order valence-corrected chi connectivity index (χ0v) is 28.3. The van der Waals surface area contributed by atoms with Gasteiger partial charge in [-0.1, -0.05) is 56.7 Å². The van der Waals surface area contributed by atoms with Gasteiger partial charge in [0.05, 0.1) is 25.6 Å². The number of aliphatic hydroxyl groups is 2. The molecule has 2 N–H and O–H groups in total. The molecule has 0 aromatic heterocycles. The van der Waals surface area contributed by atoms with Crippen LogP contribution in [0, 0.1) is 27.7 Å². The monoisotopic (exact) mass is 646 g/mol. The minimum absolute atomic E-state index is 0.0216. The second-order valence-electron chi connectivity index (χ2n) is 12.8. The minimum Gasteiger partial charge on any atom is -0.466 e. The Morgan fingerprint density at radius 3 is 1.30 bits per heavy atom. The van der Waals surface area contributed by atoms with E-state index in [0.29, 0.717) is 48.4 Å². The van der Waals surface area contributed by atoms with Crippen LogP contribution in [0.1, 0.15) is 78.3 Å². The molecule has 10 nitrogen and oxygen atoms in total. The number of ether oxygens (including phenoxy) is 2. The van der Waals surface area contributed by atoms with Crippen LogP contribution in [0.25, 0.3) is 0 Å². The summed E-state index contributed by atoms with van der Waals surface area (Å²) in [6, 6.07) is 7.56. The highest BCUT2D eigenvalue weighted by Gasteiger charge is 2.53. The number of anilines is 2. The second-order valence-corrected chi connectivity index (χ2v) is 12.8. The zero-order chi connectivity index (χ0) is 34.8. The van der Waals surface area contributed by atoms with Crippen LogP contribution in [0.15, 0.2) is 48.6 Å². The van der Waals surface area contributed by atoms with Crippen molar-refractivity contribution in [1.82, 2.24) is 0 Å². The number of nitrogens with zero attached hydrogens (tertiary/aromatic N) is 2. The summed E-state index contributed by atoms with van der Waals surface area (Å²) in [5.74, 6) is -2.29. The summed E-state index contributed by atoms with van der Waals surface area (Å²) in [6.07, 6.45) is 3.32. The van der Waals surface area contributed by atoms with Gasteiger partial charge in [0.15, 0.2) is 11.2 Å². The van der Waals surface area contributed by atoms with Gasteiger partial charge in [-0.15, -0.1) is 0 Å². The summed E-state index contributed by atoms with van der Waals surface area (Å²) in [6.45, 7) is 15.7. The molecule has 2 heterocycles. The molecule has 2 aromatic carbocycles. The number of unbranched alkanes of at least 4 members (excludes halogenated alkanes) is 4. The molecule has 2 amide bonds. The zero-order valence-electron chi connectivity index (χ0n) is 28.3. The minimum atomic E-state index is -1.91. The van der Waals surface area contributed by atoms with Crippen LogP contribution in [-0.2, 0) is 39.9 Å². The van der Waals surface area contributed by atoms with Gasteiger partial charge in [-0.25, -0.2) is 9.59 Å². The number of esters is 2. The van der Waals surface area contributed by atoms with E-state index >= 15 is 0 Å². The summed E-state index contributed by atoms with van der Waals surface area (Å²) in [4.78, 5) is 54.8. The average Bonchev–Trinajstić information content (AvgIpc) is 3.39. The maximum atomic E-state index is 13.7. The third-order valence-corrected chi connectivity index (χ3v) is 9.39. The fourth-order valence-electron chi connectivity index (χ4n) is 7.07. The lowest BCUT2D eigenvalue weighted by Gasteiger charge is -2.24. The number of amides is 2. The molecule has 10 heteroatoms. The van der Waals surface area contributed by atoms with Crippen molar-refractivity contribution in [3.8, 4) is 0 Å². The van der Waals surface area contributed by atoms with E-state index in [1.807, 2.05) is 52.0 Å². The summed E-state index contributed by atoms with van der Waals surface area (Å²) >= 11 is 0. The molecule has 2 aliphatic heterocycles. The van der Waals surface area contributed by atoms with Crippen molar-refractivity contribution in [3.63, 3.8) is 0 Å². The Hall–Kier alpha value is -4.28. The van der Waals surface area contributed by atoms with Gasteiger partial charge >= 0.3 is 11.9 Å². The second kappa shape index (κ2) is 13.8. The predicted molar refractivity (Wildman–Crippen MR) is 179 cm³/mol. The molecule has 2 aliphatic rings. The molecule has 0 spiro atoms. The van der Waals surface area contributed by atoms with Gasteiger partial charge in [0, 0.05) is 48.2 Å². The molecule has 0 saturated heterocycles. The quantitative estimate of drug-likeness (QED) is 0.169. The van der Waals surface area contributed by atoms with Crippen molar-refractivity contribution in [1.29, 1.82) is 0 Å². The topological polar surface area (TPSA) is 134 Å².